The zero-order chi connectivity index (χ0) is 9.52. The van der Waals surface area contributed by atoms with Crippen LogP contribution in [0.15, 0.2) is 34.8 Å². The Morgan fingerprint density at radius 1 is 1.46 bits per heavy atom. The highest BCUT2D eigenvalue weighted by Gasteiger charge is 1.87. The highest BCUT2D eigenvalue weighted by Crippen LogP contribution is 2.12. The van der Waals surface area contributed by atoms with E-state index >= 15 is 0 Å². The largest absolute Gasteiger partial charge is 0.384 e. The van der Waals surface area contributed by atoms with Gasteiger partial charge in [0.15, 0.2) is 0 Å². The minimum atomic E-state index is 0.782. The lowest BCUT2D eigenvalue weighted by molar-refractivity contribution is 0.204. The lowest BCUT2D eigenvalue weighted by Crippen LogP contribution is -1.83. The molecular formula is C11H13BrO. The van der Waals surface area contributed by atoms with Crippen LogP contribution in [0.4, 0.5) is 0 Å². The molecular weight excluding hydrogens is 228 g/mol. The molecule has 0 saturated heterocycles. The van der Waals surface area contributed by atoms with E-state index < -0.39 is 0 Å². The minimum absolute atomic E-state index is 0.782. The molecule has 70 valence electrons. The predicted octanol–water partition coefficient (Wildman–Crippen LogP) is 3.50. The quantitative estimate of drug-likeness (QED) is 0.733. The molecule has 0 heterocycles. The molecule has 1 rings (SSSR count). The van der Waals surface area contributed by atoms with E-state index in [4.69, 9.17) is 4.74 Å². The van der Waals surface area contributed by atoms with E-state index in [1.54, 1.807) is 7.11 Å². The van der Waals surface area contributed by atoms with Crippen molar-refractivity contribution < 1.29 is 4.74 Å². The molecule has 0 aliphatic carbocycles. The van der Waals surface area contributed by atoms with Gasteiger partial charge in [0, 0.05) is 18.2 Å². The SMILES string of the molecule is COCC/C=C/c1cccc(Br)c1. The van der Waals surface area contributed by atoms with Gasteiger partial charge in [0.1, 0.15) is 0 Å². The van der Waals surface area contributed by atoms with Crippen molar-refractivity contribution >= 4 is 22.0 Å². The summed E-state index contributed by atoms with van der Waals surface area (Å²) in [5, 5.41) is 0. The number of hydrogen-bond acceptors (Lipinski definition) is 1. The molecule has 1 nitrogen and oxygen atoms in total. The van der Waals surface area contributed by atoms with Gasteiger partial charge in [-0.05, 0) is 24.1 Å². The van der Waals surface area contributed by atoms with Crippen molar-refractivity contribution in [2.45, 2.75) is 6.42 Å². The zero-order valence-corrected chi connectivity index (χ0v) is 9.25. The summed E-state index contributed by atoms with van der Waals surface area (Å²) in [4.78, 5) is 0. The maximum atomic E-state index is 4.94. The number of halogens is 1. The Kier molecular flexibility index (Phi) is 4.79. The van der Waals surface area contributed by atoms with Crippen LogP contribution in [0.2, 0.25) is 0 Å². The van der Waals surface area contributed by atoms with Crippen molar-refractivity contribution in [2.75, 3.05) is 13.7 Å². The van der Waals surface area contributed by atoms with Crippen molar-refractivity contribution in [3.05, 3.63) is 40.4 Å². The van der Waals surface area contributed by atoms with Gasteiger partial charge in [0.25, 0.3) is 0 Å². The van der Waals surface area contributed by atoms with Crippen LogP contribution >= 0.6 is 15.9 Å². The normalized spacial score (nSPS) is 10.9. The lowest BCUT2D eigenvalue weighted by atomic mass is 10.2. The van der Waals surface area contributed by atoms with E-state index in [1.807, 2.05) is 12.1 Å². The van der Waals surface area contributed by atoms with Gasteiger partial charge < -0.3 is 4.74 Å². The van der Waals surface area contributed by atoms with Gasteiger partial charge in [0.05, 0.1) is 0 Å². The van der Waals surface area contributed by atoms with E-state index in [-0.39, 0.29) is 0 Å². The fourth-order valence-electron chi connectivity index (χ4n) is 1.02. The number of methoxy groups -OCH3 is 1. The number of benzene rings is 1. The molecule has 0 saturated carbocycles. The molecule has 0 fully saturated rings. The fourth-order valence-corrected chi connectivity index (χ4v) is 1.43. The van der Waals surface area contributed by atoms with Crippen molar-refractivity contribution in [2.24, 2.45) is 0 Å². The minimum Gasteiger partial charge on any atom is -0.384 e. The van der Waals surface area contributed by atoms with Gasteiger partial charge in [-0.3, -0.25) is 0 Å². The molecule has 0 aromatic heterocycles. The van der Waals surface area contributed by atoms with E-state index in [2.05, 4.69) is 40.2 Å². The van der Waals surface area contributed by atoms with E-state index in [0.717, 1.165) is 17.5 Å². The summed E-state index contributed by atoms with van der Waals surface area (Å²) in [5.74, 6) is 0. The monoisotopic (exact) mass is 240 g/mol. The first kappa shape index (κ1) is 10.5. The predicted molar refractivity (Wildman–Crippen MR) is 59.7 cm³/mol. The standard InChI is InChI=1S/C11H13BrO/c1-13-8-3-2-5-10-6-4-7-11(12)9-10/h2,4-7,9H,3,8H2,1H3/b5-2+. The van der Waals surface area contributed by atoms with Crippen LogP contribution in [0, 0.1) is 0 Å². The van der Waals surface area contributed by atoms with Crippen LogP contribution in [0.5, 0.6) is 0 Å². The average molecular weight is 241 g/mol. The Morgan fingerprint density at radius 2 is 2.31 bits per heavy atom. The van der Waals surface area contributed by atoms with Crippen LogP contribution in [0.25, 0.3) is 6.08 Å². The summed E-state index contributed by atoms with van der Waals surface area (Å²) in [5.41, 5.74) is 1.21. The molecule has 0 radical (unpaired) electrons. The second-order valence-corrected chi connectivity index (χ2v) is 3.65. The molecule has 2 heteroatoms. The summed E-state index contributed by atoms with van der Waals surface area (Å²) in [6, 6.07) is 8.21. The van der Waals surface area contributed by atoms with Crippen molar-refractivity contribution in [1.82, 2.24) is 0 Å². The van der Waals surface area contributed by atoms with Gasteiger partial charge in [0.2, 0.25) is 0 Å². The molecule has 0 atom stereocenters. The molecule has 0 bridgehead atoms. The van der Waals surface area contributed by atoms with Crippen LogP contribution in [-0.4, -0.2) is 13.7 Å². The van der Waals surface area contributed by atoms with Gasteiger partial charge in [-0.15, -0.1) is 0 Å². The van der Waals surface area contributed by atoms with Crippen LogP contribution < -0.4 is 0 Å². The maximum absolute atomic E-state index is 4.94. The zero-order valence-electron chi connectivity index (χ0n) is 7.66. The first-order valence-corrected chi connectivity index (χ1v) is 5.03. The molecule has 0 amide bonds. The van der Waals surface area contributed by atoms with Crippen LogP contribution in [0.3, 0.4) is 0 Å². The van der Waals surface area contributed by atoms with Gasteiger partial charge >= 0.3 is 0 Å². The molecule has 0 aliphatic heterocycles. The smallest absolute Gasteiger partial charge is 0.0496 e. The molecule has 0 N–H and O–H groups in total. The summed E-state index contributed by atoms with van der Waals surface area (Å²) < 4.78 is 6.06. The Morgan fingerprint density at radius 3 is 3.00 bits per heavy atom. The Hall–Kier alpha value is -0.600. The summed E-state index contributed by atoms with van der Waals surface area (Å²) in [6.45, 7) is 0.782. The summed E-state index contributed by atoms with van der Waals surface area (Å²) >= 11 is 3.43. The lowest BCUT2D eigenvalue weighted by Gasteiger charge is -1.94. The van der Waals surface area contributed by atoms with E-state index in [1.165, 1.54) is 5.56 Å². The summed E-state index contributed by atoms with van der Waals surface area (Å²) in [6.07, 6.45) is 5.18. The Bertz CT molecular complexity index is 281. The van der Waals surface area contributed by atoms with Crippen molar-refractivity contribution in [3.63, 3.8) is 0 Å². The molecule has 13 heavy (non-hydrogen) atoms. The van der Waals surface area contributed by atoms with E-state index in [9.17, 15) is 0 Å². The van der Waals surface area contributed by atoms with Gasteiger partial charge in [-0.25, -0.2) is 0 Å². The molecule has 0 aliphatic rings. The van der Waals surface area contributed by atoms with Crippen molar-refractivity contribution in [3.8, 4) is 0 Å². The molecule has 1 aromatic carbocycles. The highest BCUT2D eigenvalue weighted by atomic mass is 79.9. The van der Waals surface area contributed by atoms with E-state index in [0.29, 0.717) is 0 Å². The molecule has 0 unspecified atom stereocenters. The number of rotatable bonds is 4. The number of hydrogen-bond donors (Lipinski definition) is 0. The molecule has 0 spiro atoms. The Balaban J connectivity index is 2.48. The second kappa shape index (κ2) is 5.95. The van der Waals surface area contributed by atoms with Crippen molar-refractivity contribution in [1.29, 1.82) is 0 Å². The maximum Gasteiger partial charge on any atom is 0.0496 e. The Labute approximate surface area is 87.5 Å². The third kappa shape index (κ3) is 4.25. The van der Waals surface area contributed by atoms with Crippen LogP contribution in [0.1, 0.15) is 12.0 Å². The third-order valence-electron chi connectivity index (χ3n) is 1.65. The van der Waals surface area contributed by atoms with Gasteiger partial charge in [-0.1, -0.05) is 40.2 Å². The fraction of sp³-hybridized carbons (Fsp3) is 0.273. The number of ether oxygens (including phenoxy) is 1. The third-order valence-corrected chi connectivity index (χ3v) is 2.14. The summed E-state index contributed by atoms with van der Waals surface area (Å²) in [7, 11) is 1.72. The first-order valence-electron chi connectivity index (χ1n) is 4.24. The second-order valence-electron chi connectivity index (χ2n) is 2.74. The van der Waals surface area contributed by atoms with Gasteiger partial charge in [-0.2, -0.15) is 0 Å². The highest BCUT2D eigenvalue weighted by molar-refractivity contribution is 9.10. The van der Waals surface area contributed by atoms with Crippen LogP contribution in [-0.2, 0) is 4.74 Å². The average Bonchev–Trinajstić information content (AvgIpc) is 2.13. The molecule has 1 aromatic rings. The first-order chi connectivity index (χ1) is 6.33. The topological polar surface area (TPSA) is 9.23 Å².